The summed E-state index contributed by atoms with van der Waals surface area (Å²) in [6.45, 7) is 0.681. The van der Waals surface area contributed by atoms with Gasteiger partial charge in [-0.15, -0.1) is 0 Å². The number of rotatable bonds is 2. The molecule has 0 aromatic heterocycles. The van der Waals surface area contributed by atoms with Gasteiger partial charge in [-0.25, -0.2) is 0 Å². The Kier molecular flexibility index (Phi) is 3.88. The van der Waals surface area contributed by atoms with Crippen molar-refractivity contribution in [1.82, 2.24) is 0 Å². The van der Waals surface area contributed by atoms with Crippen molar-refractivity contribution in [3.8, 4) is 5.75 Å². The number of benzene rings is 2. The van der Waals surface area contributed by atoms with Gasteiger partial charge in [0.05, 0.1) is 6.61 Å². The molecule has 1 heterocycles. The van der Waals surface area contributed by atoms with E-state index in [2.05, 4.69) is 0 Å². The van der Waals surface area contributed by atoms with Gasteiger partial charge in [0, 0.05) is 21.2 Å². The van der Waals surface area contributed by atoms with E-state index in [-0.39, 0.29) is 0 Å². The summed E-state index contributed by atoms with van der Waals surface area (Å²) < 4.78 is 5.73. The summed E-state index contributed by atoms with van der Waals surface area (Å²) in [5, 5.41) is 11.7. The van der Waals surface area contributed by atoms with Gasteiger partial charge in [0.2, 0.25) is 0 Å². The number of halogens is 2. The van der Waals surface area contributed by atoms with Crippen LogP contribution in [0.1, 0.15) is 29.2 Å². The Labute approximate surface area is 127 Å². The van der Waals surface area contributed by atoms with Gasteiger partial charge in [0.25, 0.3) is 0 Å². The number of hydrogen-bond donors (Lipinski definition) is 1. The van der Waals surface area contributed by atoms with E-state index in [1.165, 1.54) is 0 Å². The van der Waals surface area contributed by atoms with Crippen LogP contribution in [0.5, 0.6) is 5.75 Å². The van der Waals surface area contributed by atoms with Gasteiger partial charge in [-0.3, -0.25) is 0 Å². The normalized spacial score (nSPS) is 15.3. The second kappa shape index (κ2) is 5.65. The highest BCUT2D eigenvalue weighted by Gasteiger charge is 2.22. The lowest BCUT2D eigenvalue weighted by Gasteiger charge is -2.23. The maximum absolute atomic E-state index is 10.6. The predicted octanol–water partition coefficient (Wildman–Crippen LogP) is 4.40. The lowest BCUT2D eigenvalue weighted by Crippen LogP contribution is -2.12. The summed E-state index contributed by atoms with van der Waals surface area (Å²) in [7, 11) is 0. The Morgan fingerprint density at radius 3 is 2.80 bits per heavy atom. The fourth-order valence-electron chi connectivity index (χ4n) is 2.52. The van der Waals surface area contributed by atoms with Gasteiger partial charge >= 0.3 is 0 Å². The van der Waals surface area contributed by atoms with Crippen molar-refractivity contribution >= 4 is 23.2 Å². The molecule has 2 aromatic carbocycles. The Bertz CT molecular complexity index is 640. The molecule has 1 aliphatic heterocycles. The molecule has 0 spiro atoms. The molecule has 0 fully saturated rings. The lowest BCUT2D eigenvalue weighted by atomic mass is 9.95. The molecule has 0 saturated heterocycles. The van der Waals surface area contributed by atoms with Crippen LogP contribution in [0.15, 0.2) is 36.4 Å². The van der Waals surface area contributed by atoms with Crippen LogP contribution < -0.4 is 4.74 Å². The highest BCUT2D eigenvalue weighted by molar-refractivity contribution is 6.33. The van der Waals surface area contributed by atoms with Crippen LogP contribution in [0.3, 0.4) is 0 Å². The van der Waals surface area contributed by atoms with Crippen LogP contribution in [0.2, 0.25) is 10.0 Å². The Morgan fingerprint density at radius 2 is 1.95 bits per heavy atom. The van der Waals surface area contributed by atoms with Crippen LogP contribution in [-0.4, -0.2) is 11.7 Å². The molecule has 3 rings (SSSR count). The van der Waals surface area contributed by atoms with E-state index in [1.54, 1.807) is 18.2 Å². The molecule has 4 heteroatoms. The van der Waals surface area contributed by atoms with Crippen LogP contribution in [0.4, 0.5) is 0 Å². The summed E-state index contributed by atoms with van der Waals surface area (Å²) in [6.07, 6.45) is 1.14. The molecule has 1 N–H and O–H groups in total. The van der Waals surface area contributed by atoms with Crippen molar-refractivity contribution < 1.29 is 9.84 Å². The van der Waals surface area contributed by atoms with E-state index in [9.17, 15) is 5.11 Å². The third kappa shape index (κ3) is 2.51. The fourth-order valence-corrected chi connectivity index (χ4v) is 2.92. The number of aliphatic hydroxyl groups is 1. The van der Waals surface area contributed by atoms with E-state index in [1.807, 2.05) is 18.2 Å². The van der Waals surface area contributed by atoms with Crippen LogP contribution in [0, 0.1) is 0 Å². The third-order valence-electron chi connectivity index (χ3n) is 3.51. The minimum atomic E-state index is -0.839. The van der Waals surface area contributed by atoms with Crippen molar-refractivity contribution in [2.45, 2.75) is 18.9 Å². The Hall–Kier alpha value is -1.22. The number of fused-ring (bicyclic) bond motifs is 1. The number of aryl methyl sites for hydroxylation is 1. The van der Waals surface area contributed by atoms with Crippen LogP contribution in [0.25, 0.3) is 0 Å². The van der Waals surface area contributed by atoms with Gasteiger partial charge < -0.3 is 9.84 Å². The standard InChI is InChI=1S/C16H14Cl2O2/c17-11-6-7-14(18)13(9-11)15(19)12-5-1-3-10-4-2-8-20-16(10)12/h1,3,5-7,9,15,19H,2,4,8H2. The lowest BCUT2D eigenvalue weighted by molar-refractivity contribution is 0.207. The van der Waals surface area contributed by atoms with E-state index >= 15 is 0 Å². The maximum Gasteiger partial charge on any atom is 0.128 e. The monoisotopic (exact) mass is 308 g/mol. The van der Waals surface area contributed by atoms with Crippen LogP contribution in [-0.2, 0) is 6.42 Å². The molecule has 104 valence electrons. The van der Waals surface area contributed by atoms with E-state index in [4.69, 9.17) is 27.9 Å². The fraction of sp³-hybridized carbons (Fsp3) is 0.250. The smallest absolute Gasteiger partial charge is 0.128 e. The second-order valence-corrected chi connectivity index (χ2v) is 5.70. The zero-order valence-electron chi connectivity index (χ0n) is 10.8. The average molecular weight is 309 g/mol. The number of para-hydroxylation sites is 1. The second-order valence-electron chi connectivity index (χ2n) is 4.86. The molecular formula is C16H14Cl2O2. The van der Waals surface area contributed by atoms with E-state index in [0.29, 0.717) is 22.2 Å². The van der Waals surface area contributed by atoms with Crippen molar-refractivity contribution in [2.24, 2.45) is 0 Å². The van der Waals surface area contributed by atoms with Gasteiger partial charge in [0.15, 0.2) is 0 Å². The zero-order chi connectivity index (χ0) is 14.1. The molecule has 20 heavy (non-hydrogen) atoms. The molecule has 0 aliphatic carbocycles. The molecule has 0 amide bonds. The van der Waals surface area contributed by atoms with E-state index in [0.717, 1.165) is 29.7 Å². The largest absolute Gasteiger partial charge is 0.493 e. The summed E-state index contributed by atoms with van der Waals surface area (Å²) in [5.74, 6) is 0.780. The summed E-state index contributed by atoms with van der Waals surface area (Å²) in [4.78, 5) is 0. The van der Waals surface area contributed by atoms with E-state index < -0.39 is 6.10 Å². The predicted molar refractivity (Wildman–Crippen MR) is 80.8 cm³/mol. The Morgan fingerprint density at radius 1 is 1.10 bits per heavy atom. The first-order valence-corrected chi connectivity index (χ1v) is 7.30. The highest BCUT2D eigenvalue weighted by Crippen LogP contribution is 2.38. The topological polar surface area (TPSA) is 29.5 Å². The van der Waals surface area contributed by atoms with Gasteiger partial charge in [-0.05, 0) is 36.6 Å². The Balaban J connectivity index is 2.06. The minimum absolute atomic E-state index is 0.496. The molecule has 1 atom stereocenters. The number of aliphatic hydroxyl groups excluding tert-OH is 1. The van der Waals surface area contributed by atoms with Crippen LogP contribution >= 0.6 is 23.2 Å². The summed E-state index contributed by atoms with van der Waals surface area (Å²) >= 11 is 12.2. The quantitative estimate of drug-likeness (QED) is 0.891. The summed E-state index contributed by atoms with van der Waals surface area (Å²) in [6, 6.07) is 10.9. The molecule has 0 radical (unpaired) electrons. The van der Waals surface area contributed by atoms with Gasteiger partial charge in [0.1, 0.15) is 11.9 Å². The first kappa shape index (κ1) is 13.7. The molecule has 1 aliphatic rings. The zero-order valence-corrected chi connectivity index (χ0v) is 12.3. The first-order valence-electron chi connectivity index (χ1n) is 6.54. The number of ether oxygens (including phenoxy) is 1. The SMILES string of the molecule is OC(c1cc(Cl)ccc1Cl)c1cccc2c1OCCC2. The highest BCUT2D eigenvalue weighted by atomic mass is 35.5. The van der Waals surface area contributed by atoms with Crippen molar-refractivity contribution in [1.29, 1.82) is 0 Å². The first-order chi connectivity index (χ1) is 9.66. The molecule has 2 aromatic rings. The molecule has 2 nitrogen and oxygen atoms in total. The van der Waals surface area contributed by atoms with Crippen molar-refractivity contribution in [3.63, 3.8) is 0 Å². The molecule has 1 unspecified atom stereocenters. The average Bonchev–Trinajstić information content (AvgIpc) is 2.48. The summed E-state index contributed by atoms with van der Waals surface area (Å²) in [5.41, 5.74) is 2.47. The maximum atomic E-state index is 10.6. The molecular weight excluding hydrogens is 295 g/mol. The number of hydrogen-bond acceptors (Lipinski definition) is 2. The van der Waals surface area contributed by atoms with Gasteiger partial charge in [-0.2, -0.15) is 0 Å². The van der Waals surface area contributed by atoms with Crippen molar-refractivity contribution in [3.05, 3.63) is 63.1 Å². The van der Waals surface area contributed by atoms with Gasteiger partial charge in [-0.1, -0.05) is 41.4 Å². The third-order valence-corrected chi connectivity index (χ3v) is 4.09. The molecule has 0 saturated carbocycles. The van der Waals surface area contributed by atoms with Crippen molar-refractivity contribution in [2.75, 3.05) is 6.61 Å². The minimum Gasteiger partial charge on any atom is -0.493 e. The molecule has 0 bridgehead atoms.